The number of nitrogens with one attached hydrogen (secondary N) is 1. The minimum atomic E-state index is 0.148. The van der Waals surface area contributed by atoms with Crippen molar-refractivity contribution < 1.29 is 0 Å². The molecule has 0 spiro atoms. The molecule has 1 N–H and O–H groups in total. The molecule has 0 bridgehead atoms. The average Bonchev–Trinajstić information content (AvgIpc) is 3.22. The number of hydrogen-bond acceptors (Lipinski definition) is 3. The van der Waals surface area contributed by atoms with Gasteiger partial charge in [0.25, 0.3) is 0 Å². The van der Waals surface area contributed by atoms with Crippen LogP contribution >= 0.6 is 23.5 Å². The van der Waals surface area contributed by atoms with Gasteiger partial charge in [0.15, 0.2) is 0 Å². The SMILES string of the molecule is CN=C(NSc1ccc(C)cc1)N1CC(c2ccccc2)C(c2ccc(Cl)cc2)=N1. The highest BCUT2D eigenvalue weighted by atomic mass is 35.5. The first kappa shape index (κ1) is 20.5. The predicted molar refractivity (Wildman–Crippen MR) is 127 cm³/mol. The highest BCUT2D eigenvalue weighted by Crippen LogP contribution is 2.29. The number of aliphatic imine (C=N–C) groups is 1. The lowest BCUT2D eigenvalue weighted by atomic mass is 9.91. The number of guanidine groups is 1. The van der Waals surface area contributed by atoms with Crippen LogP contribution in [0, 0.1) is 6.92 Å². The van der Waals surface area contributed by atoms with E-state index < -0.39 is 0 Å². The van der Waals surface area contributed by atoms with Gasteiger partial charge in [-0.1, -0.05) is 71.8 Å². The van der Waals surface area contributed by atoms with Gasteiger partial charge in [-0.15, -0.1) is 0 Å². The van der Waals surface area contributed by atoms with Crippen molar-refractivity contribution in [3.8, 4) is 0 Å². The minimum absolute atomic E-state index is 0.148. The fourth-order valence-electron chi connectivity index (χ4n) is 3.39. The second kappa shape index (κ2) is 9.37. The van der Waals surface area contributed by atoms with Crippen LogP contribution in [0.4, 0.5) is 0 Å². The molecule has 152 valence electrons. The first-order valence-electron chi connectivity index (χ1n) is 9.77. The topological polar surface area (TPSA) is 40.0 Å². The maximum Gasteiger partial charge on any atom is 0.225 e. The normalized spacial score (nSPS) is 16.5. The van der Waals surface area contributed by atoms with Crippen molar-refractivity contribution in [1.29, 1.82) is 0 Å². The second-order valence-corrected chi connectivity index (χ2v) is 8.42. The van der Waals surface area contributed by atoms with Crippen LogP contribution in [0.5, 0.6) is 0 Å². The van der Waals surface area contributed by atoms with Crippen molar-refractivity contribution in [3.05, 3.63) is 101 Å². The third kappa shape index (κ3) is 4.69. The lowest BCUT2D eigenvalue weighted by Crippen LogP contribution is -2.34. The van der Waals surface area contributed by atoms with Crippen molar-refractivity contribution in [2.24, 2.45) is 10.1 Å². The zero-order valence-electron chi connectivity index (χ0n) is 16.9. The quantitative estimate of drug-likeness (QED) is 0.323. The lowest BCUT2D eigenvalue weighted by Gasteiger charge is -2.18. The Morgan fingerprint density at radius 1 is 1.03 bits per heavy atom. The van der Waals surface area contributed by atoms with Crippen LogP contribution in [-0.2, 0) is 0 Å². The molecule has 0 fully saturated rings. The van der Waals surface area contributed by atoms with Gasteiger partial charge in [0, 0.05) is 22.9 Å². The van der Waals surface area contributed by atoms with Crippen molar-refractivity contribution in [2.75, 3.05) is 13.6 Å². The van der Waals surface area contributed by atoms with Crippen LogP contribution in [0.25, 0.3) is 0 Å². The van der Waals surface area contributed by atoms with Gasteiger partial charge in [0.1, 0.15) is 0 Å². The van der Waals surface area contributed by atoms with Gasteiger partial charge in [-0.2, -0.15) is 5.10 Å². The summed E-state index contributed by atoms with van der Waals surface area (Å²) >= 11 is 7.64. The number of hydrogen-bond donors (Lipinski definition) is 1. The van der Waals surface area contributed by atoms with E-state index in [0.29, 0.717) is 0 Å². The second-order valence-electron chi connectivity index (χ2n) is 7.10. The first-order valence-corrected chi connectivity index (χ1v) is 11.0. The number of hydrazone groups is 1. The van der Waals surface area contributed by atoms with Gasteiger partial charge in [-0.25, -0.2) is 5.01 Å². The van der Waals surface area contributed by atoms with E-state index >= 15 is 0 Å². The molecule has 1 unspecified atom stereocenters. The monoisotopic (exact) mass is 434 g/mol. The molecule has 3 aromatic rings. The Labute approximate surface area is 186 Å². The van der Waals surface area contributed by atoms with E-state index in [1.165, 1.54) is 23.1 Å². The van der Waals surface area contributed by atoms with Crippen LogP contribution < -0.4 is 4.72 Å². The van der Waals surface area contributed by atoms with E-state index in [2.05, 4.69) is 65.2 Å². The fourth-order valence-corrected chi connectivity index (χ4v) is 4.19. The smallest absolute Gasteiger partial charge is 0.225 e. The third-order valence-corrected chi connectivity index (χ3v) is 6.04. The van der Waals surface area contributed by atoms with E-state index in [1.54, 1.807) is 7.05 Å². The molecule has 1 heterocycles. The summed E-state index contributed by atoms with van der Waals surface area (Å²) in [6.45, 7) is 2.80. The standard InChI is InChI=1S/C24H23ClN4S/c1-17-8-14-21(15-9-17)30-28-24(26-2)29-16-22(18-6-4-3-5-7-18)23(27-29)19-10-12-20(25)13-11-19/h3-15,22H,16H2,1-2H3,(H,26,28). The maximum absolute atomic E-state index is 6.10. The van der Waals surface area contributed by atoms with Crippen LogP contribution in [0.15, 0.2) is 93.9 Å². The molecule has 0 saturated carbocycles. The number of benzene rings is 3. The highest BCUT2D eigenvalue weighted by Gasteiger charge is 2.31. The molecule has 0 radical (unpaired) electrons. The van der Waals surface area contributed by atoms with Crippen molar-refractivity contribution in [1.82, 2.24) is 9.73 Å². The van der Waals surface area contributed by atoms with Gasteiger partial charge in [-0.3, -0.25) is 9.71 Å². The van der Waals surface area contributed by atoms with Crippen LogP contribution in [-0.4, -0.2) is 30.3 Å². The number of nitrogens with zero attached hydrogens (tertiary/aromatic N) is 3. The molecule has 1 aliphatic rings. The summed E-state index contributed by atoms with van der Waals surface area (Å²) in [5.74, 6) is 0.876. The maximum atomic E-state index is 6.10. The van der Waals surface area contributed by atoms with E-state index in [1.807, 2.05) is 35.3 Å². The molecule has 0 aliphatic carbocycles. The average molecular weight is 435 g/mol. The summed E-state index contributed by atoms with van der Waals surface area (Å²) in [5, 5.41) is 7.61. The molecular weight excluding hydrogens is 412 g/mol. The van der Waals surface area contributed by atoms with Gasteiger partial charge < -0.3 is 0 Å². The molecule has 0 saturated heterocycles. The van der Waals surface area contributed by atoms with Gasteiger partial charge >= 0.3 is 0 Å². The third-order valence-electron chi connectivity index (χ3n) is 4.99. The fraction of sp³-hybridized carbons (Fsp3) is 0.167. The Morgan fingerprint density at radius 2 is 1.73 bits per heavy atom. The first-order chi connectivity index (χ1) is 14.6. The lowest BCUT2D eigenvalue weighted by molar-refractivity contribution is 0.465. The molecule has 3 aromatic carbocycles. The zero-order chi connectivity index (χ0) is 20.9. The van der Waals surface area contributed by atoms with Crippen molar-refractivity contribution in [2.45, 2.75) is 17.7 Å². The van der Waals surface area contributed by atoms with Crippen LogP contribution in [0.1, 0.15) is 22.6 Å². The highest BCUT2D eigenvalue weighted by molar-refractivity contribution is 7.98. The van der Waals surface area contributed by atoms with Gasteiger partial charge in [-0.05, 0) is 54.3 Å². The molecule has 30 heavy (non-hydrogen) atoms. The van der Waals surface area contributed by atoms with Crippen LogP contribution in [0.2, 0.25) is 5.02 Å². The largest absolute Gasteiger partial charge is 0.295 e. The Hall–Kier alpha value is -2.76. The van der Waals surface area contributed by atoms with E-state index in [4.69, 9.17) is 16.7 Å². The molecule has 6 heteroatoms. The molecular formula is C24H23ClN4S. The van der Waals surface area contributed by atoms with Crippen LogP contribution in [0.3, 0.4) is 0 Å². The summed E-state index contributed by atoms with van der Waals surface area (Å²) < 4.78 is 3.36. The Morgan fingerprint density at radius 3 is 2.40 bits per heavy atom. The molecule has 4 rings (SSSR count). The van der Waals surface area contributed by atoms with Crippen molar-refractivity contribution in [3.63, 3.8) is 0 Å². The molecule has 4 nitrogen and oxygen atoms in total. The number of aryl methyl sites for hydroxylation is 1. The Balaban J connectivity index is 1.59. The summed E-state index contributed by atoms with van der Waals surface area (Å²) in [4.78, 5) is 5.58. The molecule has 0 aromatic heterocycles. The minimum Gasteiger partial charge on any atom is -0.295 e. The number of rotatable bonds is 4. The Bertz CT molecular complexity index is 1050. The van der Waals surface area contributed by atoms with E-state index in [-0.39, 0.29) is 5.92 Å². The molecule has 1 atom stereocenters. The summed E-state index contributed by atoms with van der Waals surface area (Å²) in [6.07, 6.45) is 0. The Kier molecular flexibility index (Phi) is 6.41. The van der Waals surface area contributed by atoms with Gasteiger partial charge in [0.05, 0.1) is 12.3 Å². The van der Waals surface area contributed by atoms with Gasteiger partial charge in [0.2, 0.25) is 5.96 Å². The molecule has 0 amide bonds. The summed E-state index contributed by atoms with van der Waals surface area (Å²) in [5.41, 5.74) is 4.56. The van der Waals surface area contributed by atoms with E-state index in [0.717, 1.165) is 33.7 Å². The molecule has 1 aliphatic heterocycles. The van der Waals surface area contributed by atoms with E-state index in [9.17, 15) is 0 Å². The summed E-state index contributed by atoms with van der Waals surface area (Å²) in [7, 11) is 1.78. The number of halogens is 1. The zero-order valence-corrected chi connectivity index (χ0v) is 18.5. The predicted octanol–water partition coefficient (Wildman–Crippen LogP) is 5.73. The summed E-state index contributed by atoms with van der Waals surface area (Å²) in [6, 6.07) is 26.7. The van der Waals surface area contributed by atoms with Crippen molar-refractivity contribution >= 4 is 35.2 Å².